The molecule has 0 heterocycles. The summed E-state index contributed by atoms with van der Waals surface area (Å²) in [5.41, 5.74) is 7.17. The second kappa shape index (κ2) is 6.35. The van der Waals surface area contributed by atoms with E-state index in [1.54, 1.807) is 0 Å². The monoisotopic (exact) mass is 246 g/mol. The third kappa shape index (κ3) is 3.12. The quantitative estimate of drug-likeness (QED) is 0.627. The summed E-state index contributed by atoms with van der Waals surface area (Å²) in [5, 5.41) is 0. The van der Waals surface area contributed by atoms with Crippen molar-refractivity contribution in [2.45, 2.75) is 58.4 Å². The molecule has 1 fully saturated rings. The maximum absolute atomic E-state index is 5.81. The largest absolute Gasteiger partial charge is 0.271 e. The third-order valence-corrected chi connectivity index (χ3v) is 4.39. The molecule has 2 heteroatoms. The Morgan fingerprint density at radius 3 is 2.33 bits per heavy atom. The first kappa shape index (κ1) is 13.6. The lowest BCUT2D eigenvalue weighted by atomic mass is 9.82. The number of hydrazine groups is 1. The minimum Gasteiger partial charge on any atom is -0.271 e. The lowest BCUT2D eigenvalue weighted by Crippen LogP contribution is -2.31. The van der Waals surface area contributed by atoms with Gasteiger partial charge in [-0.05, 0) is 42.9 Å². The number of benzene rings is 1. The summed E-state index contributed by atoms with van der Waals surface area (Å²) in [7, 11) is 0. The molecule has 1 atom stereocenters. The van der Waals surface area contributed by atoms with Gasteiger partial charge in [0.15, 0.2) is 0 Å². The second-order valence-corrected chi connectivity index (χ2v) is 5.76. The van der Waals surface area contributed by atoms with E-state index in [0.717, 1.165) is 5.92 Å². The summed E-state index contributed by atoms with van der Waals surface area (Å²) >= 11 is 0. The van der Waals surface area contributed by atoms with Gasteiger partial charge in [-0.25, -0.2) is 0 Å². The van der Waals surface area contributed by atoms with E-state index < -0.39 is 0 Å². The van der Waals surface area contributed by atoms with Crippen LogP contribution in [-0.4, -0.2) is 0 Å². The molecule has 1 aromatic carbocycles. The van der Waals surface area contributed by atoms with Crippen molar-refractivity contribution in [2.24, 2.45) is 11.8 Å². The number of nitrogens with two attached hydrogens (primary N) is 1. The Kier molecular flexibility index (Phi) is 4.79. The molecule has 0 aliphatic heterocycles. The van der Waals surface area contributed by atoms with E-state index in [-0.39, 0.29) is 0 Å². The lowest BCUT2D eigenvalue weighted by Gasteiger charge is -2.28. The first-order valence-corrected chi connectivity index (χ1v) is 7.24. The normalized spacial score (nSPS) is 18.8. The number of nitrogens with one attached hydrogen (secondary N) is 1. The van der Waals surface area contributed by atoms with Crippen LogP contribution in [0.15, 0.2) is 18.2 Å². The fourth-order valence-electron chi connectivity index (χ4n) is 3.40. The van der Waals surface area contributed by atoms with Crippen LogP contribution in [-0.2, 0) is 0 Å². The zero-order chi connectivity index (χ0) is 13.0. The molecule has 2 rings (SSSR count). The van der Waals surface area contributed by atoms with Gasteiger partial charge in [0, 0.05) is 6.04 Å². The van der Waals surface area contributed by atoms with Gasteiger partial charge >= 0.3 is 0 Å². The molecule has 1 saturated carbocycles. The van der Waals surface area contributed by atoms with Crippen LogP contribution in [0.25, 0.3) is 0 Å². The maximum Gasteiger partial charge on any atom is 0.0467 e. The maximum atomic E-state index is 5.81. The number of rotatable bonds is 4. The second-order valence-electron chi connectivity index (χ2n) is 5.76. The molecule has 100 valence electrons. The van der Waals surface area contributed by atoms with Crippen LogP contribution in [0.4, 0.5) is 0 Å². The number of hydrogen-bond donors (Lipinski definition) is 2. The SMILES string of the molecule is Cc1cccc(C)c1C(CC1CCCCC1)NN. The Morgan fingerprint density at radius 2 is 1.78 bits per heavy atom. The summed E-state index contributed by atoms with van der Waals surface area (Å²) in [6.07, 6.45) is 8.15. The van der Waals surface area contributed by atoms with Crippen molar-refractivity contribution in [3.63, 3.8) is 0 Å². The van der Waals surface area contributed by atoms with Crippen molar-refractivity contribution in [2.75, 3.05) is 0 Å². The molecule has 0 spiro atoms. The van der Waals surface area contributed by atoms with Gasteiger partial charge in [0.1, 0.15) is 0 Å². The number of hydrogen-bond acceptors (Lipinski definition) is 2. The highest BCUT2D eigenvalue weighted by atomic mass is 15.2. The van der Waals surface area contributed by atoms with Gasteiger partial charge in [0.25, 0.3) is 0 Å². The van der Waals surface area contributed by atoms with Gasteiger partial charge in [-0.1, -0.05) is 50.3 Å². The van der Waals surface area contributed by atoms with E-state index >= 15 is 0 Å². The molecule has 1 aromatic rings. The summed E-state index contributed by atoms with van der Waals surface area (Å²) < 4.78 is 0. The van der Waals surface area contributed by atoms with Crippen LogP contribution in [0.5, 0.6) is 0 Å². The Hall–Kier alpha value is -0.860. The predicted molar refractivity (Wildman–Crippen MR) is 77.2 cm³/mol. The Morgan fingerprint density at radius 1 is 1.17 bits per heavy atom. The van der Waals surface area contributed by atoms with Crippen LogP contribution in [0.3, 0.4) is 0 Å². The van der Waals surface area contributed by atoms with E-state index in [2.05, 4.69) is 37.5 Å². The zero-order valence-electron chi connectivity index (χ0n) is 11.7. The third-order valence-electron chi connectivity index (χ3n) is 4.39. The first-order chi connectivity index (χ1) is 8.72. The minimum atomic E-state index is 0.314. The van der Waals surface area contributed by atoms with Crippen molar-refractivity contribution in [1.82, 2.24) is 5.43 Å². The molecule has 1 aliphatic carbocycles. The molecule has 0 saturated heterocycles. The van der Waals surface area contributed by atoms with Crippen molar-refractivity contribution in [1.29, 1.82) is 0 Å². The summed E-state index contributed by atoms with van der Waals surface area (Å²) in [6.45, 7) is 4.38. The average Bonchev–Trinajstić information content (AvgIpc) is 2.38. The van der Waals surface area contributed by atoms with Crippen molar-refractivity contribution < 1.29 is 0 Å². The van der Waals surface area contributed by atoms with Crippen LogP contribution in [0.1, 0.15) is 61.3 Å². The topological polar surface area (TPSA) is 38.0 Å². The van der Waals surface area contributed by atoms with Crippen LogP contribution >= 0.6 is 0 Å². The molecular formula is C16H26N2. The Balaban J connectivity index is 2.12. The Bertz CT molecular complexity index is 360. The van der Waals surface area contributed by atoms with E-state index in [4.69, 9.17) is 5.84 Å². The minimum absolute atomic E-state index is 0.314. The lowest BCUT2D eigenvalue weighted by molar-refractivity contribution is 0.300. The van der Waals surface area contributed by atoms with Crippen LogP contribution in [0.2, 0.25) is 0 Å². The highest BCUT2D eigenvalue weighted by Crippen LogP contribution is 2.33. The van der Waals surface area contributed by atoms with Crippen LogP contribution in [0, 0.1) is 19.8 Å². The molecule has 0 amide bonds. The van der Waals surface area contributed by atoms with Gasteiger partial charge in [-0.3, -0.25) is 11.3 Å². The summed E-state index contributed by atoms with van der Waals surface area (Å²) in [6, 6.07) is 6.82. The molecule has 0 radical (unpaired) electrons. The van der Waals surface area contributed by atoms with Gasteiger partial charge in [-0.2, -0.15) is 0 Å². The Labute approximate surface area is 111 Å². The molecule has 0 aromatic heterocycles. The molecule has 2 nitrogen and oxygen atoms in total. The number of aryl methyl sites for hydroxylation is 2. The molecular weight excluding hydrogens is 220 g/mol. The van der Waals surface area contributed by atoms with Gasteiger partial charge in [0.05, 0.1) is 0 Å². The van der Waals surface area contributed by atoms with E-state index in [1.807, 2.05) is 0 Å². The van der Waals surface area contributed by atoms with E-state index in [9.17, 15) is 0 Å². The first-order valence-electron chi connectivity index (χ1n) is 7.24. The summed E-state index contributed by atoms with van der Waals surface area (Å²) in [4.78, 5) is 0. The molecule has 1 aliphatic rings. The van der Waals surface area contributed by atoms with Gasteiger partial charge in [0.2, 0.25) is 0 Å². The van der Waals surface area contributed by atoms with Crippen LogP contribution < -0.4 is 11.3 Å². The van der Waals surface area contributed by atoms with Gasteiger partial charge < -0.3 is 0 Å². The fourth-order valence-corrected chi connectivity index (χ4v) is 3.40. The zero-order valence-corrected chi connectivity index (χ0v) is 11.7. The molecule has 18 heavy (non-hydrogen) atoms. The highest BCUT2D eigenvalue weighted by molar-refractivity contribution is 5.36. The average molecular weight is 246 g/mol. The molecule has 1 unspecified atom stereocenters. The molecule has 0 bridgehead atoms. The standard InChI is InChI=1S/C16H26N2/c1-12-7-6-8-13(2)16(12)15(18-17)11-14-9-4-3-5-10-14/h6-8,14-15,18H,3-5,9-11,17H2,1-2H3. The van der Waals surface area contributed by atoms with Crippen molar-refractivity contribution in [3.8, 4) is 0 Å². The van der Waals surface area contributed by atoms with E-state index in [1.165, 1.54) is 55.2 Å². The smallest absolute Gasteiger partial charge is 0.0467 e. The van der Waals surface area contributed by atoms with E-state index in [0.29, 0.717) is 6.04 Å². The summed E-state index contributed by atoms with van der Waals surface area (Å²) in [5.74, 6) is 6.66. The highest BCUT2D eigenvalue weighted by Gasteiger charge is 2.21. The van der Waals surface area contributed by atoms with Crippen molar-refractivity contribution >= 4 is 0 Å². The predicted octanol–water partition coefficient (Wildman–Crippen LogP) is 3.78. The molecule has 3 N–H and O–H groups in total. The van der Waals surface area contributed by atoms with Gasteiger partial charge in [-0.15, -0.1) is 0 Å². The van der Waals surface area contributed by atoms with Crippen molar-refractivity contribution in [3.05, 3.63) is 34.9 Å². The fraction of sp³-hybridized carbons (Fsp3) is 0.625.